The van der Waals surface area contributed by atoms with Gasteiger partial charge >= 0.3 is 0 Å². The molecule has 0 aromatic heterocycles. The molecule has 3 nitrogen and oxygen atoms in total. The normalized spacial score (nSPS) is 33.5. The van der Waals surface area contributed by atoms with Crippen LogP contribution in [-0.2, 0) is 0 Å². The Morgan fingerprint density at radius 1 is 1.00 bits per heavy atom. The highest BCUT2D eigenvalue weighted by Crippen LogP contribution is 2.10. The predicted molar refractivity (Wildman–Crippen MR) is 50.3 cm³/mol. The lowest BCUT2D eigenvalue weighted by Gasteiger charge is -2.37. The Hall–Kier alpha value is -0.120. The SMILES string of the molecule is C1CNCC(N2CCNCC2)C1. The van der Waals surface area contributed by atoms with Crippen LogP contribution in [0.2, 0.25) is 0 Å². The molecule has 2 aliphatic heterocycles. The monoisotopic (exact) mass is 169 g/mol. The molecule has 0 saturated carbocycles. The molecule has 2 N–H and O–H groups in total. The van der Waals surface area contributed by atoms with Gasteiger partial charge in [0, 0.05) is 38.8 Å². The van der Waals surface area contributed by atoms with E-state index in [0.717, 1.165) is 6.04 Å². The summed E-state index contributed by atoms with van der Waals surface area (Å²) in [7, 11) is 0. The zero-order chi connectivity index (χ0) is 8.23. The summed E-state index contributed by atoms with van der Waals surface area (Å²) in [6.07, 6.45) is 2.75. The van der Waals surface area contributed by atoms with Crippen molar-refractivity contribution in [2.75, 3.05) is 39.3 Å². The van der Waals surface area contributed by atoms with Crippen molar-refractivity contribution in [3.05, 3.63) is 0 Å². The summed E-state index contributed by atoms with van der Waals surface area (Å²) < 4.78 is 0. The summed E-state index contributed by atoms with van der Waals surface area (Å²) in [5.74, 6) is 0. The highest BCUT2D eigenvalue weighted by Gasteiger charge is 2.21. The van der Waals surface area contributed by atoms with Gasteiger partial charge in [0.25, 0.3) is 0 Å². The highest BCUT2D eigenvalue weighted by atomic mass is 15.2. The number of hydrogen-bond donors (Lipinski definition) is 2. The van der Waals surface area contributed by atoms with Gasteiger partial charge < -0.3 is 10.6 Å². The Kier molecular flexibility index (Phi) is 2.98. The first-order valence-electron chi connectivity index (χ1n) is 5.12. The molecule has 2 heterocycles. The molecular formula is C9H19N3. The van der Waals surface area contributed by atoms with Gasteiger partial charge in [-0.1, -0.05) is 0 Å². The van der Waals surface area contributed by atoms with Gasteiger partial charge in [0.1, 0.15) is 0 Å². The lowest BCUT2D eigenvalue weighted by molar-refractivity contribution is 0.148. The second kappa shape index (κ2) is 4.21. The Balaban J connectivity index is 1.80. The summed E-state index contributed by atoms with van der Waals surface area (Å²) in [6, 6.07) is 0.820. The van der Waals surface area contributed by atoms with E-state index in [1.54, 1.807) is 0 Å². The van der Waals surface area contributed by atoms with E-state index < -0.39 is 0 Å². The maximum Gasteiger partial charge on any atom is 0.0222 e. The molecule has 2 saturated heterocycles. The Morgan fingerprint density at radius 3 is 2.50 bits per heavy atom. The van der Waals surface area contributed by atoms with Crippen molar-refractivity contribution in [2.45, 2.75) is 18.9 Å². The lowest BCUT2D eigenvalue weighted by atomic mass is 10.1. The standard InChI is InChI=1S/C9H19N3/c1-2-9(8-11-3-1)12-6-4-10-5-7-12/h9-11H,1-8H2. The van der Waals surface area contributed by atoms with Gasteiger partial charge in [0.15, 0.2) is 0 Å². The number of piperazine rings is 1. The smallest absolute Gasteiger partial charge is 0.0222 e. The van der Waals surface area contributed by atoms with Crippen LogP contribution >= 0.6 is 0 Å². The highest BCUT2D eigenvalue weighted by molar-refractivity contribution is 4.81. The quantitative estimate of drug-likeness (QED) is 0.561. The van der Waals surface area contributed by atoms with E-state index in [2.05, 4.69) is 15.5 Å². The van der Waals surface area contributed by atoms with Crippen molar-refractivity contribution in [3.8, 4) is 0 Å². The zero-order valence-electron chi connectivity index (χ0n) is 7.68. The summed E-state index contributed by atoms with van der Waals surface area (Å²) in [6.45, 7) is 7.27. The average molecular weight is 169 g/mol. The van der Waals surface area contributed by atoms with E-state index in [-0.39, 0.29) is 0 Å². The number of nitrogens with zero attached hydrogens (tertiary/aromatic N) is 1. The summed E-state index contributed by atoms with van der Waals surface area (Å²) in [4.78, 5) is 2.63. The number of rotatable bonds is 1. The second-order valence-electron chi connectivity index (χ2n) is 3.79. The molecule has 70 valence electrons. The van der Waals surface area contributed by atoms with E-state index in [9.17, 15) is 0 Å². The molecule has 2 aliphatic rings. The third-order valence-corrected chi connectivity index (χ3v) is 2.94. The predicted octanol–water partition coefficient (Wildman–Crippen LogP) is -0.356. The van der Waals surface area contributed by atoms with E-state index in [1.165, 1.54) is 52.1 Å². The van der Waals surface area contributed by atoms with Gasteiger partial charge in [-0.2, -0.15) is 0 Å². The number of nitrogens with one attached hydrogen (secondary N) is 2. The first-order chi connectivity index (χ1) is 5.97. The first kappa shape index (κ1) is 8.48. The van der Waals surface area contributed by atoms with Crippen LogP contribution in [0.15, 0.2) is 0 Å². The van der Waals surface area contributed by atoms with Crippen molar-refractivity contribution < 1.29 is 0 Å². The minimum atomic E-state index is 0.820. The van der Waals surface area contributed by atoms with Gasteiger partial charge in [-0.25, -0.2) is 0 Å². The van der Waals surface area contributed by atoms with Crippen LogP contribution < -0.4 is 10.6 Å². The van der Waals surface area contributed by atoms with Gasteiger partial charge in [0.05, 0.1) is 0 Å². The second-order valence-corrected chi connectivity index (χ2v) is 3.79. The van der Waals surface area contributed by atoms with Gasteiger partial charge in [0.2, 0.25) is 0 Å². The Labute approximate surface area is 74.5 Å². The van der Waals surface area contributed by atoms with Crippen molar-refractivity contribution in [3.63, 3.8) is 0 Å². The van der Waals surface area contributed by atoms with E-state index in [1.807, 2.05) is 0 Å². The largest absolute Gasteiger partial charge is 0.315 e. The molecular weight excluding hydrogens is 150 g/mol. The van der Waals surface area contributed by atoms with Crippen molar-refractivity contribution in [2.24, 2.45) is 0 Å². The van der Waals surface area contributed by atoms with Crippen LogP contribution in [0, 0.1) is 0 Å². The summed E-state index contributed by atoms with van der Waals surface area (Å²) in [5.41, 5.74) is 0. The topological polar surface area (TPSA) is 27.3 Å². The van der Waals surface area contributed by atoms with Crippen LogP contribution in [0.1, 0.15) is 12.8 Å². The molecule has 0 bridgehead atoms. The Bertz CT molecular complexity index is 110. The van der Waals surface area contributed by atoms with Crippen LogP contribution in [0.25, 0.3) is 0 Å². The van der Waals surface area contributed by atoms with Crippen molar-refractivity contribution >= 4 is 0 Å². The van der Waals surface area contributed by atoms with E-state index in [4.69, 9.17) is 0 Å². The van der Waals surface area contributed by atoms with Crippen LogP contribution in [-0.4, -0.2) is 50.2 Å². The molecule has 1 atom stereocenters. The third kappa shape index (κ3) is 1.97. The van der Waals surface area contributed by atoms with Crippen LogP contribution in [0.3, 0.4) is 0 Å². The molecule has 3 heteroatoms. The zero-order valence-corrected chi connectivity index (χ0v) is 7.68. The maximum absolute atomic E-state index is 3.47. The van der Waals surface area contributed by atoms with Crippen molar-refractivity contribution in [1.82, 2.24) is 15.5 Å². The van der Waals surface area contributed by atoms with E-state index in [0.29, 0.717) is 0 Å². The third-order valence-electron chi connectivity index (χ3n) is 2.94. The fourth-order valence-corrected chi connectivity index (χ4v) is 2.19. The van der Waals surface area contributed by atoms with Gasteiger partial charge in [-0.15, -0.1) is 0 Å². The first-order valence-corrected chi connectivity index (χ1v) is 5.12. The minimum Gasteiger partial charge on any atom is -0.315 e. The van der Waals surface area contributed by atoms with Gasteiger partial charge in [-0.3, -0.25) is 4.90 Å². The van der Waals surface area contributed by atoms with E-state index >= 15 is 0 Å². The molecule has 0 aromatic carbocycles. The summed E-state index contributed by atoms with van der Waals surface area (Å²) >= 11 is 0. The van der Waals surface area contributed by atoms with Gasteiger partial charge in [-0.05, 0) is 19.4 Å². The van der Waals surface area contributed by atoms with Crippen molar-refractivity contribution in [1.29, 1.82) is 0 Å². The molecule has 0 aromatic rings. The number of piperidine rings is 1. The Morgan fingerprint density at radius 2 is 1.83 bits per heavy atom. The molecule has 2 fully saturated rings. The molecule has 0 aliphatic carbocycles. The molecule has 0 radical (unpaired) electrons. The molecule has 0 amide bonds. The minimum absolute atomic E-state index is 0.820. The fourth-order valence-electron chi connectivity index (χ4n) is 2.19. The lowest BCUT2D eigenvalue weighted by Crippen LogP contribution is -2.53. The molecule has 1 unspecified atom stereocenters. The number of hydrogen-bond acceptors (Lipinski definition) is 3. The van der Waals surface area contributed by atoms with Crippen LogP contribution in [0.4, 0.5) is 0 Å². The average Bonchev–Trinajstić information content (AvgIpc) is 2.21. The molecule has 12 heavy (non-hydrogen) atoms. The molecule has 2 rings (SSSR count). The maximum atomic E-state index is 3.47. The fraction of sp³-hybridized carbons (Fsp3) is 1.00. The van der Waals surface area contributed by atoms with Crippen LogP contribution in [0.5, 0.6) is 0 Å². The summed E-state index contributed by atoms with van der Waals surface area (Å²) in [5, 5.41) is 6.86. The molecule has 0 spiro atoms.